The van der Waals surface area contributed by atoms with E-state index in [9.17, 15) is 8.42 Å². The molecule has 7 heteroatoms. The Bertz CT molecular complexity index is 563. The van der Waals surface area contributed by atoms with Gasteiger partial charge >= 0.3 is 0 Å². The van der Waals surface area contributed by atoms with Crippen LogP contribution in [-0.2, 0) is 21.3 Å². The molecule has 106 valence electrons. The van der Waals surface area contributed by atoms with Crippen molar-refractivity contribution in [2.45, 2.75) is 17.9 Å². The second kappa shape index (κ2) is 6.15. The molecule has 0 saturated carbocycles. The SMILES string of the molecule is COCC1=CCN(S(=O)(=O)c2csc(CN)c2)CC1. The fourth-order valence-corrected chi connectivity index (χ4v) is 4.50. The first-order valence-corrected chi connectivity index (χ1v) is 8.34. The summed E-state index contributed by atoms with van der Waals surface area (Å²) in [7, 11) is -1.74. The van der Waals surface area contributed by atoms with Crippen molar-refractivity contribution in [1.82, 2.24) is 4.31 Å². The lowest BCUT2D eigenvalue weighted by molar-refractivity contribution is 0.219. The van der Waals surface area contributed by atoms with Crippen molar-refractivity contribution >= 4 is 21.4 Å². The largest absolute Gasteiger partial charge is 0.380 e. The van der Waals surface area contributed by atoms with Crippen LogP contribution in [0.25, 0.3) is 0 Å². The van der Waals surface area contributed by atoms with Gasteiger partial charge in [-0.25, -0.2) is 8.42 Å². The molecule has 0 amide bonds. The van der Waals surface area contributed by atoms with Crippen molar-refractivity contribution in [3.8, 4) is 0 Å². The minimum Gasteiger partial charge on any atom is -0.380 e. The quantitative estimate of drug-likeness (QED) is 0.829. The molecule has 2 N–H and O–H groups in total. The fraction of sp³-hybridized carbons (Fsp3) is 0.500. The van der Waals surface area contributed by atoms with E-state index in [1.807, 2.05) is 6.08 Å². The number of nitrogens with zero attached hydrogens (tertiary/aromatic N) is 1. The molecule has 1 aliphatic heterocycles. The van der Waals surface area contributed by atoms with Crippen molar-refractivity contribution in [2.75, 3.05) is 26.8 Å². The number of ether oxygens (including phenoxy) is 1. The summed E-state index contributed by atoms with van der Waals surface area (Å²) < 4.78 is 31.4. The van der Waals surface area contributed by atoms with Crippen LogP contribution in [0.4, 0.5) is 0 Å². The predicted octanol–water partition coefficient (Wildman–Crippen LogP) is 1.17. The summed E-state index contributed by atoms with van der Waals surface area (Å²) in [5.74, 6) is 0. The topological polar surface area (TPSA) is 72.6 Å². The average molecular weight is 302 g/mol. The van der Waals surface area contributed by atoms with Crippen molar-refractivity contribution in [3.63, 3.8) is 0 Å². The van der Waals surface area contributed by atoms with Crippen LogP contribution in [0.15, 0.2) is 28.0 Å². The van der Waals surface area contributed by atoms with E-state index in [4.69, 9.17) is 10.5 Å². The van der Waals surface area contributed by atoms with E-state index in [1.54, 1.807) is 18.6 Å². The van der Waals surface area contributed by atoms with Gasteiger partial charge in [0.05, 0.1) is 11.5 Å². The molecule has 1 aliphatic rings. The van der Waals surface area contributed by atoms with E-state index in [0.717, 1.165) is 16.9 Å². The summed E-state index contributed by atoms with van der Waals surface area (Å²) >= 11 is 1.38. The van der Waals surface area contributed by atoms with Gasteiger partial charge in [0, 0.05) is 37.0 Å². The van der Waals surface area contributed by atoms with E-state index in [1.165, 1.54) is 15.6 Å². The van der Waals surface area contributed by atoms with Crippen molar-refractivity contribution in [3.05, 3.63) is 28.0 Å². The lowest BCUT2D eigenvalue weighted by atomic mass is 10.1. The van der Waals surface area contributed by atoms with E-state index < -0.39 is 10.0 Å². The van der Waals surface area contributed by atoms with Crippen molar-refractivity contribution in [2.24, 2.45) is 5.73 Å². The zero-order valence-electron chi connectivity index (χ0n) is 10.8. The molecule has 1 aromatic heterocycles. The molecular formula is C12H18N2O3S2. The van der Waals surface area contributed by atoms with Gasteiger partial charge in [-0.1, -0.05) is 6.08 Å². The average Bonchev–Trinajstić information content (AvgIpc) is 2.89. The number of rotatable bonds is 5. The lowest BCUT2D eigenvalue weighted by Gasteiger charge is -2.25. The normalized spacial score (nSPS) is 17.5. The molecular weight excluding hydrogens is 284 g/mol. The van der Waals surface area contributed by atoms with Crippen LogP contribution in [0.1, 0.15) is 11.3 Å². The van der Waals surface area contributed by atoms with Gasteiger partial charge in [-0.3, -0.25) is 0 Å². The number of nitrogens with two attached hydrogens (primary N) is 1. The Morgan fingerprint density at radius 3 is 2.84 bits per heavy atom. The summed E-state index contributed by atoms with van der Waals surface area (Å²) in [5, 5.41) is 1.66. The first kappa shape index (κ1) is 14.7. The monoisotopic (exact) mass is 302 g/mol. The van der Waals surface area contributed by atoms with E-state index >= 15 is 0 Å². The Morgan fingerprint density at radius 1 is 1.53 bits per heavy atom. The van der Waals surface area contributed by atoms with Crippen LogP contribution >= 0.6 is 11.3 Å². The van der Waals surface area contributed by atoms with E-state index in [0.29, 0.717) is 31.1 Å². The van der Waals surface area contributed by atoms with Crippen LogP contribution in [0.2, 0.25) is 0 Å². The van der Waals surface area contributed by atoms with Gasteiger partial charge in [0.15, 0.2) is 0 Å². The zero-order valence-corrected chi connectivity index (χ0v) is 12.5. The first-order valence-electron chi connectivity index (χ1n) is 6.02. The van der Waals surface area contributed by atoms with Crippen LogP contribution in [0, 0.1) is 0 Å². The van der Waals surface area contributed by atoms with Crippen molar-refractivity contribution in [1.29, 1.82) is 0 Å². The lowest BCUT2D eigenvalue weighted by Crippen LogP contribution is -2.35. The fourth-order valence-electron chi connectivity index (χ4n) is 1.98. The summed E-state index contributed by atoms with van der Waals surface area (Å²) in [6, 6.07) is 1.66. The second-order valence-electron chi connectivity index (χ2n) is 4.36. The number of hydrogen-bond acceptors (Lipinski definition) is 5. The molecule has 0 spiro atoms. The molecule has 2 rings (SSSR count). The maximum Gasteiger partial charge on any atom is 0.244 e. The molecule has 5 nitrogen and oxygen atoms in total. The maximum atomic E-state index is 12.4. The Hall–Kier alpha value is -0.730. The minimum absolute atomic E-state index is 0.349. The molecule has 0 saturated heterocycles. The first-order chi connectivity index (χ1) is 9.07. The van der Waals surface area contributed by atoms with Crippen LogP contribution in [0.3, 0.4) is 0 Å². The van der Waals surface area contributed by atoms with Gasteiger partial charge in [-0.15, -0.1) is 11.3 Å². The Balaban J connectivity index is 2.13. The summed E-state index contributed by atoms with van der Waals surface area (Å²) in [5.41, 5.74) is 6.67. The standard InChI is InChI=1S/C12H18N2O3S2/c1-17-8-10-2-4-14(5-3-10)19(15,16)12-6-11(7-13)18-9-12/h2,6,9H,3-5,7-8,13H2,1H3. The molecule has 0 radical (unpaired) electrons. The number of thiophene rings is 1. The number of methoxy groups -OCH3 is 1. The van der Waals surface area contributed by atoms with Crippen LogP contribution in [0.5, 0.6) is 0 Å². The highest BCUT2D eigenvalue weighted by Gasteiger charge is 2.26. The summed E-state index contributed by atoms with van der Waals surface area (Å²) in [6.45, 7) is 1.86. The smallest absolute Gasteiger partial charge is 0.244 e. The minimum atomic E-state index is -3.39. The van der Waals surface area contributed by atoms with Gasteiger partial charge in [0.25, 0.3) is 0 Å². The third-order valence-corrected chi connectivity index (χ3v) is 6.02. The van der Waals surface area contributed by atoms with Gasteiger partial charge < -0.3 is 10.5 Å². The van der Waals surface area contributed by atoms with Crippen molar-refractivity contribution < 1.29 is 13.2 Å². The Labute approximate surface area is 117 Å². The summed E-state index contributed by atoms with van der Waals surface area (Å²) in [4.78, 5) is 1.23. The molecule has 2 heterocycles. The summed E-state index contributed by atoms with van der Waals surface area (Å²) in [6.07, 6.45) is 2.65. The number of hydrogen-bond donors (Lipinski definition) is 1. The highest BCUT2D eigenvalue weighted by molar-refractivity contribution is 7.89. The molecule has 0 unspecified atom stereocenters. The molecule has 0 bridgehead atoms. The highest BCUT2D eigenvalue weighted by atomic mass is 32.2. The Morgan fingerprint density at radius 2 is 2.32 bits per heavy atom. The molecule has 0 aromatic carbocycles. The predicted molar refractivity (Wildman–Crippen MR) is 75.5 cm³/mol. The van der Waals surface area contributed by atoms with Gasteiger partial charge in [0.2, 0.25) is 10.0 Å². The van der Waals surface area contributed by atoms with Gasteiger partial charge in [0.1, 0.15) is 0 Å². The third kappa shape index (κ3) is 3.24. The van der Waals surface area contributed by atoms with E-state index in [-0.39, 0.29) is 0 Å². The maximum absolute atomic E-state index is 12.4. The molecule has 1 aromatic rings. The highest BCUT2D eigenvalue weighted by Crippen LogP contribution is 2.24. The van der Waals surface area contributed by atoms with Crippen LogP contribution in [-0.4, -0.2) is 39.5 Å². The number of sulfonamides is 1. The molecule has 19 heavy (non-hydrogen) atoms. The van der Waals surface area contributed by atoms with Crippen LogP contribution < -0.4 is 5.73 Å². The third-order valence-electron chi connectivity index (χ3n) is 3.06. The second-order valence-corrected chi connectivity index (χ2v) is 7.30. The molecule has 0 atom stereocenters. The molecule has 0 fully saturated rings. The zero-order chi connectivity index (χ0) is 13.9. The van der Waals surface area contributed by atoms with Gasteiger partial charge in [-0.05, 0) is 18.1 Å². The Kier molecular flexibility index (Phi) is 4.75. The molecule has 0 aliphatic carbocycles. The van der Waals surface area contributed by atoms with Gasteiger partial charge in [-0.2, -0.15) is 4.31 Å². The van der Waals surface area contributed by atoms with E-state index in [2.05, 4.69) is 0 Å².